The largest absolute Gasteiger partial charge is 0.444 e. The van der Waals surface area contributed by atoms with E-state index in [9.17, 15) is 14.4 Å². The Morgan fingerprint density at radius 1 is 0.857 bits per heavy atom. The van der Waals surface area contributed by atoms with Crippen LogP contribution in [0.25, 0.3) is 33.1 Å². The van der Waals surface area contributed by atoms with Crippen LogP contribution in [-0.2, 0) is 9.47 Å². The van der Waals surface area contributed by atoms with Gasteiger partial charge in [0.05, 0.1) is 16.8 Å². The van der Waals surface area contributed by atoms with Crippen LogP contribution in [-0.4, -0.2) is 32.9 Å². The van der Waals surface area contributed by atoms with E-state index in [-0.39, 0.29) is 5.56 Å². The molecule has 2 aromatic carbocycles. The van der Waals surface area contributed by atoms with E-state index < -0.39 is 23.4 Å². The van der Waals surface area contributed by atoms with Gasteiger partial charge in [-0.3, -0.25) is 10.1 Å². The van der Waals surface area contributed by atoms with Gasteiger partial charge in [0.15, 0.2) is 0 Å². The second-order valence-electron chi connectivity index (χ2n) is 10.3. The summed E-state index contributed by atoms with van der Waals surface area (Å²) in [5.41, 5.74) is 0.734. The number of nitrogens with zero attached hydrogens (tertiary/aromatic N) is 1. The number of fused-ring (bicyclic) bond motifs is 2. The van der Waals surface area contributed by atoms with E-state index in [1.165, 1.54) is 4.57 Å². The maximum Gasteiger partial charge on any atom is 0.419 e. The molecule has 2 N–H and O–H groups in total. The van der Waals surface area contributed by atoms with Gasteiger partial charge in [0.1, 0.15) is 11.2 Å². The van der Waals surface area contributed by atoms with E-state index in [1.807, 2.05) is 24.3 Å². The SMILES string of the molecule is CC(C)(C)OC(=O)Nc1ccc2c(c1)cc(-c1cc3ccccc3[nH]c1=O)n2C(=O)OC(C)(C)C. The molecule has 0 radical (unpaired) electrons. The molecule has 0 spiro atoms. The number of ether oxygens (including phenoxy) is 2. The lowest BCUT2D eigenvalue weighted by atomic mass is 10.1. The zero-order chi connectivity index (χ0) is 25.5. The fraction of sp³-hybridized carbons (Fsp3) is 0.296. The van der Waals surface area contributed by atoms with Crippen LogP contribution < -0.4 is 10.9 Å². The Bertz CT molecular complexity index is 1500. The number of hydrogen-bond donors (Lipinski definition) is 2. The first kappa shape index (κ1) is 24.1. The van der Waals surface area contributed by atoms with E-state index in [0.717, 1.165) is 5.39 Å². The number of H-pyrrole nitrogens is 1. The summed E-state index contributed by atoms with van der Waals surface area (Å²) in [4.78, 5) is 41.4. The molecule has 0 bridgehead atoms. The molecule has 0 fully saturated rings. The average Bonchev–Trinajstić information content (AvgIpc) is 3.09. The van der Waals surface area contributed by atoms with Crippen LogP contribution in [0.1, 0.15) is 41.5 Å². The molecule has 0 aliphatic heterocycles. The highest BCUT2D eigenvalue weighted by atomic mass is 16.6. The molecule has 35 heavy (non-hydrogen) atoms. The fourth-order valence-corrected chi connectivity index (χ4v) is 3.75. The van der Waals surface area contributed by atoms with Crippen LogP contribution in [0, 0.1) is 0 Å². The number of anilines is 1. The van der Waals surface area contributed by atoms with Crippen molar-refractivity contribution < 1.29 is 19.1 Å². The van der Waals surface area contributed by atoms with Gasteiger partial charge in [0.25, 0.3) is 5.56 Å². The number of para-hydroxylation sites is 1. The molecule has 2 heterocycles. The molecule has 0 saturated carbocycles. The standard InChI is InChI=1S/C27H29N3O5/c1-26(2,3)34-24(32)28-18-11-12-21-17(13-18)15-22(30(21)25(33)35-27(4,5)6)19-14-16-9-7-8-10-20(16)29-23(19)31/h7-15H,1-6H3,(H,28,32)(H,29,31). The summed E-state index contributed by atoms with van der Waals surface area (Å²) >= 11 is 0. The van der Waals surface area contributed by atoms with Crippen molar-refractivity contribution in [3.8, 4) is 11.3 Å². The Morgan fingerprint density at radius 2 is 1.54 bits per heavy atom. The third-order valence-electron chi connectivity index (χ3n) is 5.05. The monoisotopic (exact) mass is 475 g/mol. The molecule has 8 heteroatoms. The molecule has 4 aromatic rings. The van der Waals surface area contributed by atoms with Gasteiger partial charge in [0, 0.05) is 16.6 Å². The van der Waals surface area contributed by atoms with Crippen molar-refractivity contribution in [2.45, 2.75) is 52.7 Å². The molecule has 8 nitrogen and oxygen atoms in total. The lowest BCUT2D eigenvalue weighted by molar-refractivity contribution is 0.0545. The second-order valence-corrected chi connectivity index (χ2v) is 10.3. The Kier molecular flexibility index (Phi) is 5.92. The van der Waals surface area contributed by atoms with Gasteiger partial charge in [-0.2, -0.15) is 0 Å². The van der Waals surface area contributed by atoms with Crippen LogP contribution >= 0.6 is 0 Å². The highest BCUT2D eigenvalue weighted by molar-refractivity contribution is 5.99. The third-order valence-corrected chi connectivity index (χ3v) is 5.05. The van der Waals surface area contributed by atoms with Gasteiger partial charge < -0.3 is 14.5 Å². The van der Waals surface area contributed by atoms with Crippen molar-refractivity contribution in [3.05, 3.63) is 65.0 Å². The maximum absolute atomic E-state index is 13.3. The lowest BCUT2D eigenvalue weighted by Gasteiger charge is -2.21. The number of carbonyl (C=O) groups excluding carboxylic acids is 2. The predicted molar refractivity (Wildman–Crippen MR) is 137 cm³/mol. The first-order valence-electron chi connectivity index (χ1n) is 11.3. The fourth-order valence-electron chi connectivity index (χ4n) is 3.75. The minimum atomic E-state index is -0.737. The van der Waals surface area contributed by atoms with Gasteiger partial charge in [-0.05, 0) is 83.3 Å². The molecular weight excluding hydrogens is 446 g/mol. The average molecular weight is 476 g/mol. The molecule has 2 aromatic heterocycles. The number of hydrogen-bond acceptors (Lipinski definition) is 5. The summed E-state index contributed by atoms with van der Waals surface area (Å²) in [6, 6.07) is 16.0. The van der Waals surface area contributed by atoms with Crippen molar-refractivity contribution >= 4 is 39.7 Å². The van der Waals surface area contributed by atoms with Gasteiger partial charge in [-0.15, -0.1) is 0 Å². The topological polar surface area (TPSA) is 102 Å². The summed E-state index contributed by atoms with van der Waals surface area (Å²) in [6.07, 6.45) is -1.20. The van der Waals surface area contributed by atoms with Crippen LogP contribution in [0.5, 0.6) is 0 Å². The zero-order valence-corrected chi connectivity index (χ0v) is 20.7. The van der Waals surface area contributed by atoms with E-state index in [0.29, 0.717) is 33.4 Å². The van der Waals surface area contributed by atoms with Crippen molar-refractivity contribution in [2.75, 3.05) is 5.32 Å². The van der Waals surface area contributed by atoms with Crippen molar-refractivity contribution in [3.63, 3.8) is 0 Å². The molecule has 1 amide bonds. The second kappa shape index (κ2) is 8.61. The third kappa shape index (κ3) is 5.37. The molecule has 4 rings (SSSR count). The maximum atomic E-state index is 13.3. The van der Waals surface area contributed by atoms with Crippen molar-refractivity contribution in [2.24, 2.45) is 0 Å². The Hall–Kier alpha value is -4.07. The van der Waals surface area contributed by atoms with E-state index in [4.69, 9.17) is 9.47 Å². The number of nitrogens with one attached hydrogen (secondary N) is 2. The Balaban J connectivity index is 1.86. The highest BCUT2D eigenvalue weighted by Gasteiger charge is 2.24. The van der Waals surface area contributed by atoms with Gasteiger partial charge in [-0.25, -0.2) is 14.2 Å². The molecule has 0 aliphatic rings. The number of pyridine rings is 1. The number of aromatic nitrogens is 2. The summed E-state index contributed by atoms with van der Waals surface area (Å²) in [5, 5.41) is 4.18. The number of rotatable bonds is 2. The van der Waals surface area contributed by atoms with Crippen molar-refractivity contribution in [1.82, 2.24) is 9.55 Å². The lowest BCUT2D eigenvalue weighted by Crippen LogP contribution is -2.28. The quantitative estimate of drug-likeness (QED) is 0.355. The number of amides is 1. The van der Waals surface area contributed by atoms with Gasteiger partial charge in [0.2, 0.25) is 0 Å². The summed E-state index contributed by atoms with van der Waals surface area (Å²) in [5.74, 6) is 0. The molecule has 0 saturated heterocycles. The summed E-state index contributed by atoms with van der Waals surface area (Å²) < 4.78 is 12.4. The normalized spacial score (nSPS) is 12.1. The van der Waals surface area contributed by atoms with Gasteiger partial charge in [-0.1, -0.05) is 18.2 Å². The summed E-state index contributed by atoms with van der Waals surface area (Å²) in [7, 11) is 0. The predicted octanol–water partition coefficient (Wildman–Crippen LogP) is 6.28. The smallest absolute Gasteiger partial charge is 0.419 e. The molecule has 0 atom stereocenters. The summed E-state index contributed by atoms with van der Waals surface area (Å²) in [6.45, 7) is 10.7. The van der Waals surface area contributed by atoms with E-state index in [1.54, 1.807) is 71.9 Å². The number of benzene rings is 2. The Morgan fingerprint density at radius 3 is 2.23 bits per heavy atom. The minimum absolute atomic E-state index is 0.326. The zero-order valence-electron chi connectivity index (χ0n) is 20.7. The first-order valence-corrected chi connectivity index (χ1v) is 11.3. The van der Waals surface area contributed by atoms with Crippen molar-refractivity contribution in [1.29, 1.82) is 0 Å². The molecular formula is C27H29N3O5. The first-order chi connectivity index (χ1) is 16.3. The van der Waals surface area contributed by atoms with Crippen LogP contribution in [0.15, 0.2) is 59.4 Å². The number of carbonyl (C=O) groups is 2. The van der Waals surface area contributed by atoms with Crippen LogP contribution in [0.3, 0.4) is 0 Å². The van der Waals surface area contributed by atoms with Crippen LogP contribution in [0.2, 0.25) is 0 Å². The Labute approximate surface area is 202 Å². The molecule has 182 valence electrons. The highest BCUT2D eigenvalue weighted by Crippen LogP contribution is 2.31. The minimum Gasteiger partial charge on any atom is -0.444 e. The van der Waals surface area contributed by atoms with Gasteiger partial charge >= 0.3 is 12.2 Å². The van der Waals surface area contributed by atoms with Crippen LogP contribution in [0.4, 0.5) is 15.3 Å². The molecule has 0 aliphatic carbocycles. The number of aromatic amines is 1. The van der Waals surface area contributed by atoms with E-state index >= 15 is 0 Å². The molecule has 0 unspecified atom stereocenters. The van der Waals surface area contributed by atoms with E-state index in [2.05, 4.69) is 10.3 Å².